The predicted octanol–water partition coefficient (Wildman–Crippen LogP) is 2.94. The Morgan fingerprint density at radius 2 is 2.10 bits per heavy atom. The molecule has 0 bridgehead atoms. The number of ether oxygens (including phenoxy) is 1. The molecule has 1 heterocycles. The van der Waals surface area contributed by atoms with Gasteiger partial charge in [-0.2, -0.15) is 0 Å². The van der Waals surface area contributed by atoms with E-state index in [2.05, 4.69) is 12.2 Å². The van der Waals surface area contributed by atoms with Crippen molar-refractivity contribution in [2.75, 3.05) is 11.9 Å². The Balaban J connectivity index is 2.83. The number of unbranched alkanes of at least 4 members (excludes halogenated alkanes) is 1. The van der Waals surface area contributed by atoms with Crippen LogP contribution in [0.5, 0.6) is 0 Å². The van der Waals surface area contributed by atoms with E-state index in [1.54, 1.807) is 13.0 Å². The molecule has 21 heavy (non-hydrogen) atoms. The highest BCUT2D eigenvalue weighted by Crippen LogP contribution is 2.29. The summed E-state index contributed by atoms with van der Waals surface area (Å²) in [6, 6.07) is 1.22. The van der Waals surface area contributed by atoms with Gasteiger partial charge in [0.2, 0.25) is 5.91 Å². The molecule has 1 rings (SSSR count). The molecule has 0 aliphatic carbocycles. The second-order valence-electron chi connectivity index (χ2n) is 4.77. The van der Waals surface area contributed by atoms with E-state index in [1.807, 2.05) is 6.92 Å². The lowest BCUT2D eigenvalue weighted by Gasteiger charge is -2.11. The van der Waals surface area contributed by atoms with E-state index in [4.69, 9.17) is 10.5 Å². The summed E-state index contributed by atoms with van der Waals surface area (Å²) in [7, 11) is 0. The van der Waals surface area contributed by atoms with Crippen molar-refractivity contribution >= 4 is 28.2 Å². The van der Waals surface area contributed by atoms with Crippen LogP contribution in [0.4, 0.5) is 5.00 Å². The number of carbonyl (C=O) groups excluding carboxylic acids is 2. The molecule has 1 amide bonds. The molecule has 1 aromatic rings. The van der Waals surface area contributed by atoms with Gasteiger partial charge in [-0.25, -0.2) is 4.79 Å². The van der Waals surface area contributed by atoms with Crippen molar-refractivity contribution in [1.29, 1.82) is 0 Å². The maximum absolute atomic E-state index is 12.1. The maximum Gasteiger partial charge on any atom is 0.341 e. The molecular formula is C15H24N2O3S. The highest BCUT2D eigenvalue weighted by atomic mass is 32.1. The van der Waals surface area contributed by atoms with E-state index in [-0.39, 0.29) is 5.91 Å². The largest absolute Gasteiger partial charge is 0.462 e. The van der Waals surface area contributed by atoms with Crippen LogP contribution in [0.25, 0.3) is 0 Å². The zero-order valence-electron chi connectivity index (χ0n) is 12.9. The summed E-state index contributed by atoms with van der Waals surface area (Å²) in [6.45, 7) is 6.11. The van der Waals surface area contributed by atoms with Crippen molar-refractivity contribution in [3.05, 3.63) is 16.5 Å². The molecule has 6 heteroatoms. The summed E-state index contributed by atoms with van der Waals surface area (Å²) < 4.78 is 5.02. The Bertz CT molecular complexity index is 485. The molecule has 0 spiro atoms. The number of thiophene rings is 1. The Hall–Kier alpha value is -1.40. The first-order valence-corrected chi connectivity index (χ1v) is 8.21. The van der Waals surface area contributed by atoms with Gasteiger partial charge in [0.05, 0.1) is 18.2 Å². The summed E-state index contributed by atoms with van der Waals surface area (Å²) in [5.74, 6) is -0.663. The SMILES string of the molecule is CCCC[C@H](N)C(=O)Nc1sc(CC)cc1C(=O)OCC. The number of amides is 1. The second kappa shape index (κ2) is 8.79. The van der Waals surface area contributed by atoms with Crippen molar-refractivity contribution in [3.63, 3.8) is 0 Å². The number of anilines is 1. The summed E-state index contributed by atoms with van der Waals surface area (Å²) in [5, 5.41) is 3.30. The molecular weight excluding hydrogens is 288 g/mol. The lowest BCUT2D eigenvalue weighted by molar-refractivity contribution is -0.117. The van der Waals surface area contributed by atoms with Crippen LogP contribution in [-0.4, -0.2) is 24.5 Å². The van der Waals surface area contributed by atoms with Crippen molar-refractivity contribution in [2.24, 2.45) is 5.73 Å². The molecule has 0 saturated heterocycles. The molecule has 0 saturated carbocycles. The van der Waals surface area contributed by atoms with Gasteiger partial charge in [-0.15, -0.1) is 11.3 Å². The third kappa shape index (κ3) is 5.13. The summed E-state index contributed by atoms with van der Waals surface area (Å²) in [4.78, 5) is 25.0. The van der Waals surface area contributed by atoms with Crippen molar-refractivity contribution in [1.82, 2.24) is 0 Å². The first-order valence-electron chi connectivity index (χ1n) is 7.39. The van der Waals surface area contributed by atoms with Gasteiger partial charge in [0, 0.05) is 4.88 Å². The monoisotopic (exact) mass is 312 g/mol. The van der Waals surface area contributed by atoms with Gasteiger partial charge in [-0.05, 0) is 25.8 Å². The number of hydrogen-bond donors (Lipinski definition) is 2. The zero-order valence-corrected chi connectivity index (χ0v) is 13.7. The van der Waals surface area contributed by atoms with Gasteiger partial charge in [0.25, 0.3) is 0 Å². The van der Waals surface area contributed by atoms with E-state index < -0.39 is 12.0 Å². The summed E-state index contributed by atoms with van der Waals surface area (Å²) >= 11 is 1.39. The Morgan fingerprint density at radius 1 is 1.38 bits per heavy atom. The van der Waals surface area contributed by atoms with Gasteiger partial charge >= 0.3 is 5.97 Å². The lowest BCUT2D eigenvalue weighted by atomic mass is 10.1. The van der Waals surface area contributed by atoms with Gasteiger partial charge in [-0.1, -0.05) is 26.7 Å². The van der Waals surface area contributed by atoms with Gasteiger partial charge < -0.3 is 15.8 Å². The Kier molecular flexibility index (Phi) is 7.39. The highest BCUT2D eigenvalue weighted by Gasteiger charge is 2.20. The normalized spacial score (nSPS) is 12.0. The number of nitrogens with one attached hydrogen (secondary N) is 1. The Morgan fingerprint density at radius 3 is 2.67 bits per heavy atom. The van der Waals surface area contributed by atoms with Gasteiger partial charge in [0.1, 0.15) is 5.00 Å². The molecule has 3 N–H and O–H groups in total. The van der Waals surface area contributed by atoms with E-state index >= 15 is 0 Å². The molecule has 5 nitrogen and oxygen atoms in total. The molecule has 0 radical (unpaired) electrons. The fraction of sp³-hybridized carbons (Fsp3) is 0.600. The molecule has 0 fully saturated rings. The molecule has 0 aliphatic heterocycles. The van der Waals surface area contributed by atoms with Crippen LogP contribution >= 0.6 is 11.3 Å². The number of carbonyl (C=O) groups is 2. The fourth-order valence-electron chi connectivity index (χ4n) is 1.83. The topological polar surface area (TPSA) is 81.4 Å². The third-order valence-corrected chi connectivity index (χ3v) is 4.26. The molecule has 0 unspecified atom stereocenters. The van der Waals surface area contributed by atoms with Crippen LogP contribution < -0.4 is 11.1 Å². The minimum atomic E-state index is -0.549. The van der Waals surface area contributed by atoms with Crippen LogP contribution in [-0.2, 0) is 16.0 Å². The zero-order chi connectivity index (χ0) is 15.8. The summed E-state index contributed by atoms with van der Waals surface area (Å²) in [6.07, 6.45) is 3.34. The van der Waals surface area contributed by atoms with Gasteiger partial charge in [-0.3, -0.25) is 4.79 Å². The molecule has 1 aromatic heterocycles. The van der Waals surface area contributed by atoms with Gasteiger partial charge in [0.15, 0.2) is 0 Å². The fourth-order valence-corrected chi connectivity index (χ4v) is 2.82. The van der Waals surface area contributed by atoms with Crippen LogP contribution in [0.1, 0.15) is 55.3 Å². The highest BCUT2D eigenvalue weighted by molar-refractivity contribution is 7.16. The van der Waals surface area contributed by atoms with Crippen molar-refractivity contribution in [3.8, 4) is 0 Å². The third-order valence-electron chi connectivity index (χ3n) is 3.07. The molecule has 1 atom stereocenters. The first kappa shape index (κ1) is 17.7. The molecule has 0 aromatic carbocycles. The number of hydrogen-bond acceptors (Lipinski definition) is 5. The van der Waals surface area contributed by atoms with E-state index in [0.29, 0.717) is 23.6 Å². The van der Waals surface area contributed by atoms with Crippen LogP contribution in [0, 0.1) is 0 Å². The second-order valence-corrected chi connectivity index (χ2v) is 5.90. The quantitative estimate of drug-likeness (QED) is 0.723. The number of nitrogens with two attached hydrogens (primary N) is 1. The molecule has 0 aliphatic rings. The lowest BCUT2D eigenvalue weighted by Crippen LogP contribution is -2.35. The number of rotatable bonds is 8. The maximum atomic E-state index is 12.1. The standard InChI is InChI=1S/C15H24N2O3S/c1-4-7-8-12(16)13(18)17-14-11(15(19)20-6-3)9-10(5-2)21-14/h9,12H,4-8,16H2,1-3H3,(H,17,18)/t12-/m0/s1. The van der Waals surface area contributed by atoms with Crippen LogP contribution in [0.2, 0.25) is 0 Å². The number of aryl methyl sites for hydroxylation is 1. The van der Waals surface area contributed by atoms with E-state index in [1.165, 1.54) is 11.3 Å². The first-order chi connectivity index (χ1) is 10.0. The van der Waals surface area contributed by atoms with E-state index in [0.717, 1.165) is 24.1 Å². The number of esters is 1. The minimum absolute atomic E-state index is 0.251. The minimum Gasteiger partial charge on any atom is -0.462 e. The average Bonchev–Trinajstić information content (AvgIpc) is 2.88. The molecule has 118 valence electrons. The van der Waals surface area contributed by atoms with Crippen molar-refractivity contribution in [2.45, 2.75) is 52.5 Å². The Labute approximate surface area is 129 Å². The van der Waals surface area contributed by atoms with E-state index in [9.17, 15) is 9.59 Å². The van der Waals surface area contributed by atoms with Crippen LogP contribution in [0.15, 0.2) is 6.07 Å². The van der Waals surface area contributed by atoms with Crippen molar-refractivity contribution < 1.29 is 14.3 Å². The summed E-state index contributed by atoms with van der Waals surface area (Å²) in [5.41, 5.74) is 6.26. The smallest absolute Gasteiger partial charge is 0.341 e. The van der Waals surface area contributed by atoms with Crippen LogP contribution in [0.3, 0.4) is 0 Å². The predicted molar refractivity (Wildman–Crippen MR) is 85.8 cm³/mol. The average molecular weight is 312 g/mol.